The second kappa shape index (κ2) is 8.72. The molecule has 0 fully saturated rings. The van der Waals surface area contributed by atoms with Crippen LogP contribution in [0.1, 0.15) is 26.7 Å². The van der Waals surface area contributed by atoms with E-state index in [1.54, 1.807) is 7.05 Å². The van der Waals surface area contributed by atoms with Crippen molar-refractivity contribution in [3.63, 3.8) is 0 Å². The summed E-state index contributed by atoms with van der Waals surface area (Å²) >= 11 is 0. The van der Waals surface area contributed by atoms with Gasteiger partial charge in [-0.15, -0.1) is 0 Å². The molecule has 0 aliphatic carbocycles. The van der Waals surface area contributed by atoms with Crippen LogP contribution in [0, 0.1) is 0 Å². The topological polar surface area (TPSA) is 38.4 Å². The Bertz CT molecular complexity index is 331. The van der Waals surface area contributed by atoms with Gasteiger partial charge in [0.05, 0.1) is 5.71 Å². The first-order valence-corrected chi connectivity index (χ1v) is 5.54. The van der Waals surface area contributed by atoms with Crippen LogP contribution in [0.5, 0.6) is 0 Å². The summed E-state index contributed by atoms with van der Waals surface area (Å²) in [5.74, 6) is 0. The molecule has 0 aliphatic rings. The van der Waals surface area contributed by atoms with Crippen LogP contribution in [-0.2, 0) is 0 Å². The quantitative estimate of drug-likeness (QED) is 0.538. The lowest BCUT2D eigenvalue weighted by Gasteiger charge is -1.96. The van der Waals surface area contributed by atoms with E-state index in [1.807, 2.05) is 18.2 Å². The molecular formula is C14H22N2. The predicted octanol–water partition coefficient (Wildman–Crippen LogP) is 3.39. The van der Waals surface area contributed by atoms with Gasteiger partial charge in [-0.1, -0.05) is 49.8 Å². The Morgan fingerprint density at radius 1 is 1.38 bits per heavy atom. The molecule has 2 N–H and O–H groups in total. The Kier molecular flexibility index (Phi) is 7.86. The van der Waals surface area contributed by atoms with Crippen LogP contribution in [0.4, 0.5) is 0 Å². The van der Waals surface area contributed by atoms with Gasteiger partial charge in [0, 0.05) is 12.7 Å². The average molecular weight is 218 g/mol. The van der Waals surface area contributed by atoms with Gasteiger partial charge in [-0.2, -0.15) is 0 Å². The zero-order valence-corrected chi connectivity index (χ0v) is 10.5. The Hall–Kier alpha value is -1.57. The second-order valence-electron chi connectivity index (χ2n) is 3.59. The number of unbranched alkanes of at least 4 members (excludes halogenated alkanes) is 1. The van der Waals surface area contributed by atoms with Crippen LogP contribution in [0.25, 0.3) is 0 Å². The van der Waals surface area contributed by atoms with E-state index in [2.05, 4.69) is 37.6 Å². The van der Waals surface area contributed by atoms with Crippen molar-refractivity contribution >= 4 is 5.71 Å². The fourth-order valence-corrected chi connectivity index (χ4v) is 1.11. The van der Waals surface area contributed by atoms with Gasteiger partial charge >= 0.3 is 0 Å². The van der Waals surface area contributed by atoms with Crippen molar-refractivity contribution in [3.8, 4) is 0 Å². The third kappa shape index (κ3) is 6.82. The minimum atomic E-state index is 0.492. The van der Waals surface area contributed by atoms with E-state index in [-0.39, 0.29) is 0 Å². The van der Waals surface area contributed by atoms with Gasteiger partial charge in [0.2, 0.25) is 0 Å². The molecule has 0 saturated carbocycles. The largest absolute Gasteiger partial charge is 0.397 e. The molecule has 2 nitrogen and oxygen atoms in total. The highest BCUT2D eigenvalue weighted by molar-refractivity contribution is 6.07. The van der Waals surface area contributed by atoms with E-state index in [4.69, 9.17) is 5.73 Å². The van der Waals surface area contributed by atoms with Crippen LogP contribution in [0.3, 0.4) is 0 Å². The highest BCUT2D eigenvalue weighted by Crippen LogP contribution is 1.99. The van der Waals surface area contributed by atoms with E-state index in [0.717, 1.165) is 12.1 Å². The molecule has 0 heterocycles. The van der Waals surface area contributed by atoms with Crippen LogP contribution in [0.2, 0.25) is 0 Å². The van der Waals surface area contributed by atoms with Crippen molar-refractivity contribution in [1.29, 1.82) is 0 Å². The normalized spacial score (nSPS) is 13.9. The predicted molar refractivity (Wildman–Crippen MR) is 73.6 cm³/mol. The van der Waals surface area contributed by atoms with E-state index in [0.29, 0.717) is 5.70 Å². The van der Waals surface area contributed by atoms with Gasteiger partial charge in [-0.25, -0.2) is 0 Å². The molecule has 0 rings (SSSR count). The number of aliphatic imine (C=N–C) groups is 1. The summed E-state index contributed by atoms with van der Waals surface area (Å²) in [7, 11) is 1.70. The number of rotatable bonds is 6. The fraction of sp³-hybridized carbons (Fsp3) is 0.357. The lowest BCUT2D eigenvalue weighted by Crippen LogP contribution is -2.06. The van der Waals surface area contributed by atoms with Gasteiger partial charge in [-0.05, 0) is 19.4 Å². The number of allylic oxidation sites excluding steroid dienone is 6. The molecule has 0 amide bonds. The number of hydrogen-bond acceptors (Lipinski definition) is 2. The molecule has 0 aliphatic heterocycles. The van der Waals surface area contributed by atoms with Gasteiger partial charge in [-0.3, -0.25) is 4.99 Å². The zero-order valence-electron chi connectivity index (χ0n) is 10.5. The Morgan fingerprint density at radius 3 is 2.56 bits per heavy atom. The third-order valence-corrected chi connectivity index (χ3v) is 2.02. The van der Waals surface area contributed by atoms with Crippen molar-refractivity contribution in [2.24, 2.45) is 10.7 Å². The summed E-state index contributed by atoms with van der Waals surface area (Å²) in [6, 6.07) is 0. The summed E-state index contributed by atoms with van der Waals surface area (Å²) in [5.41, 5.74) is 7.98. The molecule has 16 heavy (non-hydrogen) atoms. The molecule has 0 radical (unpaired) electrons. The summed E-state index contributed by atoms with van der Waals surface area (Å²) in [4.78, 5) is 4.02. The standard InChI is InChI=1S/C14H22N2/c1-5-6-7-9-12(2)10-8-11-14(16-4)13(3)15/h7-11H,3,5-6,15H2,1-2,4H3/b9-7-,11-8+,12-10+,16-14-. The fourth-order valence-electron chi connectivity index (χ4n) is 1.11. The molecule has 0 unspecified atom stereocenters. The molecule has 0 aromatic carbocycles. The molecule has 0 spiro atoms. The maximum absolute atomic E-state index is 5.55. The molecular weight excluding hydrogens is 196 g/mol. The molecule has 88 valence electrons. The second-order valence-corrected chi connectivity index (χ2v) is 3.59. The number of nitrogens with zero attached hydrogens (tertiary/aromatic N) is 1. The molecule has 2 heteroatoms. The van der Waals surface area contributed by atoms with Crippen LogP contribution >= 0.6 is 0 Å². The van der Waals surface area contributed by atoms with Crippen molar-refractivity contribution < 1.29 is 0 Å². The highest BCUT2D eigenvalue weighted by atomic mass is 14.7. The van der Waals surface area contributed by atoms with Crippen LogP contribution in [0.15, 0.2) is 53.2 Å². The lowest BCUT2D eigenvalue weighted by atomic mass is 10.2. The van der Waals surface area contributed by atoms with Gasteiger partial charge in [0.1, 0.15) is 0 Å². The summed E-state index contributed by atoms with van der Waals surface area (Å²) in [5, 5.41) is 0. The monoisotopic (exact) mass is 218 g/mol. The lowest BCUT2D eigenvalue weighted by molar-refractivity contribution is 0.957. The first-order valence-electron chi connectivity index (χ1n) is 5.54. The first kappa shape index (κ1) is 14.4. The number of nitrogens with two attached hydrogens (primary N) is 1. The van der Waals surface area contributed by atoms with Crippen LogP contribution in [-0.4, -0.2) is 12.8 Å². The van der Waals surface area contributed by atoms with Gasteiger partial charge in [0.25, 0.3) is 0 Å². The van der Waals surface area contributed by atoms with E-state index in [1.165, 1.54) is 12.0 Å². The third-order valence-electron chi connectivity index (χ3n) is 2.02. The van der Waals surface area contributed by atoms with Gasteiger partial charge in [0.15, 0.2) is 0 Å². The highest BCUT2D eigenvalue weighted by Gasteiger charge is 1.91. The summed E-state index contributed by atoms with van der Waals surface area (Å²) < 4.78 is 0. The van der Waals surface area contributed by atoms with E-state index < -0.39 is 0 Å². The Balaban J connectivity index is 4.35. The minimum Gasteiger partial charge on any atom is -0.397 e. The average Bonchev–Trinajstić information content (AvgIpc) is 2.24. The Morgan fingerprint density at radius 2 is 2.06 bits per heavy atom. The van der Waals surface area contributed by atoms with E-state index >= 15 is 0 Å². The number of hydrogen-bond donors (Lipinski definition) is 1. The molecule has 0 aromatic heterocycles. The molecule has 0 aromatic rings. The van der Waals surface area contributed by atoms with Gasteiger partial charge < -0.3 is 5.73 Å². The maximum atomic E-state index is 5.55. The van der Waals surface area contributed by atoms with Crippen LogP contribution < -0.4 is 5.73 Å². The van der Waals surface area contributed by atoms with Crippen molar-refractivity contribution in [1.82, 2.24) is 0 Å². The summed E-state index contributed by atoms with van der Waals surface area (Å²) in [6.07, 6.45) is 12.4. The van der Waals surface area contributed by atoms with Crippen molar-refractivity contribution in [2.75, 3.05) is 7.05 Å². The zero-order chi connectivity index (χ0) is 12.4. The molecule has 0 atom stereocenters. The maximum Gasteiger partial charge on any atom is 0.0793 e. The van der Waals surface area contributed by atoms with Crippen molar-refractivity contribution in [3.05, 3.63) is 48.2 Å². The molecule has 0 saturated heterocycles. The minimum absolute atomic E-state index is 0.492. The van der Waals surface area contributed by atoms with Crippen molar-refractivity contribution in [2.45, 2.75) is 26.7 Å². The Labute approximate surface area is 99.0 Å². The smallest absolute Gasteiger partial charge is 0.0793 e. The van der Waals surface area contributed by atoms with E-state index in [9.17, 15) is 0 Å². The first-order chi connectivity index (χ1) is 7.61. The summed E-state index contributed by atoms with van der Waals surface area (Å²) in [6.45, 7) is 7.88. The SMILES string of the molecule is C=C(N)C(/C=C/C=C(C)/C=C\CCC)=N\C. The molecule has 0 bridgehead atoms.